The predicted molar refractivity (Wildman–Crippen MR) is 73.6 cm³/mol. The van der Waals surface area contributed by atoms with Crippen molar-refractivity contribution in [2.24, 2.45) is 18.9 Å². The van der Waals surface area contributed by atoms with Crippen molar-refractivity contribution in [1.82, 2.24) is 13.9 Å². The minimum absolute atomic E-state index is 0.000394. The van der Waals surface area contributed by atoms with Crippen LogP contribution in [0.5, 0.6) is 0 Å². The second-order valence-electron chi connectivity index (χ2n) is 5.22. The van der Waals surface area contributed by atoms with Gasteiger partial charge in [0.15, 0.2) is 0 Å². The van der Waals surface area contributed by atoms with E-state index < -0.39 is 0 Å². The number of hydrogen-bond donors (Lipinski definition) is 0. The Bertz CT molecular complexity index is 630. The van der Waals surface area contributed by atoms with E-state index in [1.807, 2.05) is 0 Å². The molecule has 1 aromatic heterocycles. The van der Waals surface area contributed by atoms with Crippen molar-refractivity contribution in [3.8, 4) is 0 Å². The van der Waals surface area contributed by atoms with E-state index >= 15 is 0 Å². The second kappa shape index (κ2) is 3.30. The zero-order valence-corrected chi connectivity index (χ0v) is 12.7. The lowest BCUT2D eigenvalue weighted by Crippen LogP contribution is -2.63. The third kappa shape index (κ3) is 1.01. The molecule has 18 heavy (non-hydrogen) atoms. The van der Waals surface area contributed by atoms with E-state index in [0.29, 0.717) is 21.5 Å². The molecule has 0 aromatic carbocycles. The lowest BCUT2D eigenvalue weighted by Gasteiger charge is -2.58. The lowest BCUT2D eigenvalue weighted by atomic mass is 9.62. The van der Waals surface area contributed by atoms with E-state index in [-0.39, 0.29) is 23.5 Å². The van der Waals surface area contributed by atoms with Crippen LogP contribution >= 0.6 is 31.9 Å². The number of allylic oxidation sites excluding steroid dienone is 2. The van der Waals surface area contributed by atoms with Gasteiger partial charge in [-0.25, -0.2) is 23.5 Å². The van der Waals surface area contributed by atoms with Crippen LogP contribution in [0, 0.1) is 11.8 Å². The molecule has 0 unspecified atom stereocenters. The summed E-state index contributed by atoms with van der Waals surface area (Å²) < 4.78 is 4.45. The Morgan fingerprint density at radius 1 is 0.944 bits per heavy atom. The first-order valence-corrected chi connectivity index (χ1v) is 7.73. The summed E-state index contributed by atoms with van der Waals surface area (Å²) >= 11 is 7.36. The lowest BCUT2D eigenvalue weighted by molar-refractivity contribution is 0.0346. The maximum atomic E-state index is 12.1. The summed E-state index contributed by atoms with van der Waals surface area (Å²) in [6.07, 6.45) is 4.14. The largest absolute Gasteiger partial charge is 0.347 e. The molecular weight excluding hydrogens is 366 g/mol. The molecule has 0 N–H and O–H groups in total. The highest BCUT2D eigenvalue weighted by Crippen LogP contribution is 2.59. The van der Waals surface area contributed by atoms with Gasteiger partial charge in [0.2, 0.25) is 0 Å². The molecular formula is C11H11Br2N3O2. The van der Waals surface area contributed by atoms with Crippen molar-refractivity contribution in [1.29, 1.82) is 0 Å². The standard InChI is InChI=1S/C11H11Br2N3O2/c1-14-10(17)15-4-2-3-5(16(15)11(14)18)7-6(4)8(12)9(7)13/h2-9H,1H3/t4-,5+,6-,7-,8+,9-/m1/s1. The van der Waals surface area contributed by atoms with Crippen LogP contribution in [0.1, 0.15) is 12.1 Å². The van der Waals surface area contributed by atoms with Crippen molar-refractivity contribution in [2.45, 2.75) is 21.7 Å². The highest BCUT2D eigenvalue weighted by Gasteiger charge is 2.60. The molecule has 5 nitrogen and oxygen atoms in total. The van der Waals surface area contributed by atoms with Crippen LogP contribution in [0.3, 0.4) is 0 Å². The quantitative estimate of drug-likeness (QED) is 0.496. The third-order valence-corrected chi connectivity index (χ3v) is 7.61. The molecule has 96 valence electrons. The Kier molecular flexibility index (Phi) is 2.07. The minimum atomic E-state index is -0.212. The van der Waals surface area contributed by atoms with Crippen LogP contribution in [-0.4, -0.2) is 23.6 Å². The van der Waals surface area contributed by atoms with Crippen LogP contribution in [0.15, 0.2) is 21.7 Å². The van der Waals surface area contributed by atoms with E-state index in [4.69, 9.17) is 0 Å². The zero-order chi connectivity index (χ0) is 12.8. The molecule has 1 saturated carbocycles. The number of alkyl halides is 2. The van der Waals surface area contributed by atoms with Gasteiger partial charge in [-0.1, -0.05) is 44.0 Å². The van der Waals surface area contributed by atoms with Crippen LogP contribution in [0.4, 0.5) is 0 Å². The van der Waals surface area contributed by atoms with Gasteiger partial charge in [0.25, 0.3) is 0 Å². The number of halogens is 2. The predicted octanol–water partition coefficient (Wildman–Crippen LogP) is 0.787. The summed E-state index contributed by atoms with van der Waals surface area (Å²) in [5.74, 6) is 0.785. The van der Waals surface area contributed by atoms with E-state index in [9.17, 15) is 9.59 Å². The molecule has 7 heteroatoms. The van der Waals surface area contributed by atoms with Gasteiger partial charge in [0.05, 0.1) is 12.1 Å². The topological polar surface area (TPSA) is 48.9 Å². The molecule has 1 fully saturated rings. The molecule has 2 aliphatic heterocycles. The van der Waals surface area contributed by atoms with E-state index in [2.05, 4.69) is 44.0 Å². The SMILES string of the molecule is Cn1c(=O)n2n(c1=O)[C@H]1C=C[C@@H]2[C@H]2[C@H](Br)[C@H](Br)[C@@H]21. The molecule has 4 aliphatic rings. The average Bonchev–Trinajstić information content (AvgIpc) is 2.64. The van der Waals surface area contributed by atoms with Crippen molar-refractivity contribution in [2.75, 3.05) is 0 Å². The number of rotatable bonds is 0. The molecule has 3 heterocycles. The van der Waals surface area contributed by atoms with Crippen molar-refractivity contribution in [3.05, 3.63) is 33.1 Å². The molecule has 0 spiro atoms. The fourth-order valence-corrected chi connectivity index (χ4v) is 5.66. The maximum absolute atomic E-state index is 12.1. The summed E-state index contributed by atoms with van der Waals surface area (Å²) in [6, 6.07) is -0.000787. The second-order valence-corrected chi connectivity index (χ2v) is 7.34. The van der Waals surface area contributed by atoms with Crippen molar-refractivity contribution >= 4 is 31.9 Å². The monoisotopic (exact) mass is 375 g/mol. The molecule has 2 aliphatic carbocycles. The molecule has 0 radical (unpaired) electrons. The Balaban J connectivity index is 2.02. The number of aromatic nitrogens is 3. The number of nitrogens with zero attached hydrogens (tertiary/aromatic N) is 3. The van der Waals surface area contributed by atoms with Gasteiger partial charge in [0, 0.05) is 28.5 Å². The highest BCUT2D eigenvalue weighted by atomic mass is 79.9. The minimum Gasteiger partial charge on any atom is -0.246 e. The Morgan fingerprint density at radius 2 is 1.33 bits per heavy atom. The summed E-state index contributed by atoms with van der Waals surface area (Å²) in [5.41, 5.74) is -0.425. The fourth-order valence-electron chi connectivity index (χ4n) is 3.63. The van der Waals surface area contributed by atoms with Gasteiger partial charge in [-0.2, -0.15) is 0 Å². The van der Waals surface area contributed by atoms with E-state index in [0.717, 1.165) is 0 Å². The Labute approximate surface area is 119 Å². The van der Waals surface area contributed by atoms with Crippen LogP contribution < -0.4 is 11.4 Å². The van der Waals surface area contributed by atoms with Gasteiger partial charge < -0.3 is 0 Å². The average molecular weight is 377 g/mol. The summed E-state index contributed by atoms with van der Waals surface area (Å²) in [6.45, 7) is 0. The van der Waals surface area contributed by atoms with Gasteiger partial charge in [-0.05, 0) is 0 Å². The maximum Gasteiger partial charge on any atom is 0.347 e. The molecule has 2 bridgehead atoms. The van der Waals surface area contributed by atoms with Crippen LogP contribution in [0.25, 0.3) is 0 Å². The summed E-state index contributed by atoms with van der Waals surface area (Å²) in [7, 11) is 1.54. The Hall–Kier alpha value is -0.560. The first-order valence-electron chi connectivity index (χ1n) is 5.90. The van der Waals surface area contributed by atoms with Crippen LogP contribution in [-0.2, 0) is 7.05 Å². The Morgan fingerprint density at radius 3 is 1.72 bits per heavy atom. The smallest absolute Gasteiger partial charge is 0.246 e. The third-order valence-electron chi connectivity index (χ3n) is 4.54. The molecule has 6 atom stereocenters. The molecule has 0 amide bonds. The van der Waals surface area contributed by atoms with Crippen molar-refractivity contribution in [3.63, 3.8) is 0 Å². The van der Waals surface area contributed by atoms with Crippen molar-refractivity contribution < 1.29 is 0 Å². The van der Waals surface area contributed by atoms with Gasteiger partial charge in [-0.3, -0.25) is 0 Å². The fraction of sp³-hybridized carbons (Fsp3) is 0.636. The first-order chi connectivity index (χ1) is 8.54. The molecule has 0 saturated heterocycles. The van der Waals surface area contributed by atoms with E-state index in [1.165, 1.54) is 4.57 Å². The summed E-state index contributed by atoms with van der Waals surface area (Å²) in [4.78, 5) is 25.0. The highest BCUT2D eigenvalue weighted by molar-refractivity contribution is 9.12. The van der Waals surface area contributed by atoms with Gasteiger partial charge in [0.1, 0.15) is 0 Å². The normalized spacial score (nSPS) is 43.5. The number of hydrogen-bond acceptors (Lipinski definition) is 2. The van der Waals surface area contributed by atoms with Gasteiger partial charge >= 0.3 is 11.4 Å². The first kappa shape index (κ1) is 11.3. The summed E-state index contributed by atoms with van der Waals surface area (Å²) in [5, 5.41) is 0. The van der Waals surface area contributed by atoms with Crippen LogP contribution in [0.2, 0.25) is 0 Å². The zero-order valence-electron chi connectivity index (χ0n) is 9.53. The molecule has 1 aromatic rings. The van der Waals surface area contributed by atoms with Gasteiger partial charge in [-0.15, -0.1) is 0 Å². The van der Waals surface area contributed by atoms with E-state index in [1.54, 1.807) is 16.4 Å². The molecule has 5 rings (SSSR count).